The van der Waals surface area contributed by atoms with Gasteiger partial charge in [-0.25, -0.2) is 0 Å². The first-order valence-electron chi connectivity index (χ1n) is 6.00. The highest BCUT2D eigenvalue weighted by atomic mass is 15.3. The predicted molar refractivity (Wildman–Crippen MR) is 65.7 cm³/mol. The van der Waals surface area contributed by atoms with Crippen LogP contribution in [0.5, 0.6) is 0 Å². The molecule has 4 heteroatoms. The van der Waals surface area contributed by atoms with Gasteiger partial charge in [0.25, 0.3) is 0 Å². The van der Waals surface area contributed by atoms with E-state index in [1.165, 1.54) is 19.3 Å². The van der Waals surface area contributed by atoms with E-state index in [1.54, 1.807) is 0 Å². The quantitative estimate of drug-likeness (QED) is 0.835. The molecule has 1 aliphatic heterocycles. The zero-order valence-electron chi connectivity index (χ0n) is 10.1. The van der Waals surface area contributed by atoms with Crippen LogP contribution < -0.4 is 10.2 Å². The Bertz CT molecular complexity index is 316. The molecule has 2 heterocycles. The second kappa shape index (κ2) is 5.25. The summed E-state index contributed by atoms with van der Waals surface area (Å²) in [5.74, 6) is 0.956. The lowest BCUT2D eigenvalue weighted by atomic mass is 10.0. The lowest BCUT2D eigenvalue weighted by Gasteiger charge is -2.28. The Labute approximate surface area is 97.1 Å². The normalized spacial score (nSPS) is 20.8. The summed E-state index contributed by atoms with van der Waals surface area (Å²) in [6.45, 7) is 4.12. The standard InChI is InChI=1S/C12H20N4/c1-10-6-7-12(15-14-10)16(2)9-11-5-3-4-8-13-11/h6-7,11,13H,3-5,8-9H2,1-2H3/t11-/m1/s1. The summed E-state index contributed by atoms with van der Waals surface area (Å²) < 4.78 is 0. The Morgan fingerprint density at radius 3 is 2.88 bits per heavy atom. The third kappa shape index (κ3) is 2.92. The molecular weight excluding hydrogens is 200 g/mol. The van der Waals surface area contributed by atoms with Gasteiger partial charge in [0.05, 0.1) is 5.69 Å². The largest absolute Gasteiger partial charge is 0.357 e. The maximum Gasteiger partial charge on any atom is 0.151 e. The van der Waals surface area contributed by atoms with Gasteiger partial charge >= 0.3 is 0 Å². The number of anilines is 1. The van der Waals surface area contributed by atoms with Crippen molar-refractivity contribution in [2.45, 2.75) is 32.2 Å². The van der Waals surface area contributed by atoms with Gasteiger partial charge in [-0.3, -0.25) is 0 Å². The van der Waals surface area contributed by atoms with Crippen molar-refractivity contribution in [3.8, 4) is 0 Å². The molecular formula is C12H20N4. The van der Waals surface area contributed by atoms with Crippen LogP contribution in [0.2, 0.25) is 0 Å². The minimum atomic E-state index is 0.599. The highest BCUT2D eigenvalue weighted by Crippen LogP contribution is 2.12. The first-order valence-corrected chi connectivity index (χ1v) is 6.00. The second-order valence-corrected chi connectivity index (χ2v) is 4.56. The van der Waals surface area contributed by atoms with Crippen LogP contribution in [0.3, 0.4) is 0 Å². The Morgan fingerprint density at radius 2 is 2.25 bits per heavy atom. The molecule has 0 spiro atoms. The van der Waals surface area contributed by atoms with E-state index in [2.05, 4.69) is 27.5 Å². The summed E-state index contributed by atoms with van der Waals surface area (Å²) in [4.78, 5) is 2.18. The summed E-state index contributed by atoms with van der Waals surface area (Å²) in [7, 11) is 2.08. The number of hydrogen-bond donors (Lipinski definition) is 1. The molecule has 0 saturated carbocycles. The van der Waals surface area contributed by atoms with Crippen LogP contribution >= 0.6 is 0 Å². The Balaban J connectivity index is 1.91. The molecule has 0 bridgehead atoms. The molecule has 0 radical (unpaired) electrons. The van der Waals surface area contributed by atoms with Gasteiger partial charge in [0.1, 0.15) is 0 Å². The van der Waals surface area contributed by atoms with Crippen molar-refractivity contribution in [1.82, 2.24) is 15.5 Å². The number of nitrogens with zero attached hydrogens (tertiary/aromatic N) is 3. The molecule has 1 atom stereocenters. The monoisotopic (exact) mass is 220 g/mol. The van der Waals surface area contributed by atoms with Crippen molar-refractivity contribution in [3.63, 3.8) is 0 Å². The van der Waals surface area contributed by atoms with Gasteiger partial charge in [-0.1, -0.05) is 6.42 Å². The van der Waals surface area contributed by atoms with Gasteiger partial charge in [-0.2, -0.15) is 5.10 Å². The van der Waals surface area contributed by atoms with E-state index in [-0.39, 0.29) is 0 Å². The Hall–Kier alpha value is -1.16. The molecule has 2 rings (SSSR count). The van der Waals surface area contributed by atoms with Crippen molar-refractivity contribution in [1.29, 1.82) is 0 Å². The van der Waals surface area contributed by atoms with E-state index in [0.29, 0.717) is 6.04 Å². The van der Waals surface area contributed by atoms with Crippen molar-refractivity contribution in [2.24, 2.45) is 0 Å². The third-order valence-corrected chi connectivity index (χ3v) is 3.08. The van der Waals surface area contributed by atoms with Gasteiger partial charge in [0, 0.05) is 19.6 Å². The second-order valence-electron chi connectivity index (χ2n) is 4.56. The smallest absolute Gasteiger partial charge is 0.151 e. The van der Waals surface area contributed by atoms with Crippen LogP contribution in [-0.4, -0.2) is 36.4 Å². The van der Waals surface area contributed by atoms with E-state index >= 15 is 0 Å². The molecule has 1 aromatic rings. The lowest BCUT2D eigenvalue weighted by molar-refractivity contribution is 0.402. The summed E-state index contributed by atoms with van der Waals surface area (Å²) in [5.41, 5.74) is 0.966. The van der Waals surface area contributed by atoms with Gasteiger partial charge in [-0.15, -0.1) is 5.10 Å². The fourth-order valence-electron chi connectivity index (χ4n) is 2.10. The maximum atomic E-state index is 4.19. The van der Waals surface area contributed by atoms with Crippen molar-refractivity contribution < 1.29 is 0 Å². The van der Waals surface area contributed by atoms with Crippen LogP contribution in [0.25, 0.3) is 0 Å². The van der Waals surface area contributed by atoms with E-state index in [0.717, 1.165) is 24.6 Å². The highest BCUT2D eigenvalue weighted by Gasteiger charge is 2.15. The fraction of sp³-hybridized carbons (Fsp3) is 0.667. The summed E-state index contributed by atoms with van der Waals surface area (Å²) in [6.07, 6.45) is 3.92. The molecule has 0 aliphatic carbocycles. The van der Waals surface area contributed by atoms with E-state index < -0.39 is 0 Å². The fourth-order valence-corrected chi connectivity index (χ4v) is 2.10. The molecule has 1 saturated heterocycles. The Morgan fingerprint density at radius 1 is 1.38 bits per heavy atom. The van der Waals surface area contributed by atoms with Gasteiger partial charge in [-0.05, 0) is 38.4 Å². The number of aryl methyl sites for hydroxylation is 1. The predicted octanol–water partition coefficient (Wildman–Crippen LogP) is 1.36. The summed E-state index contributed by atoms with van der Waals surface area (Å²) >= 11 is 0. The van der Waals surface area contributed by atoms with Gasteiger partial charge in [0.15, 0.2) is 5.82 Å². The van der Waals surface area contributed by atoms with Crippen LogP contribution in [0.1, 0.15) is 25.0 Å². The third-order valence-electron chi connectivity index (χ3n) is 3.08. The number of hydrogen-bond acceptors (Lipinski definition) is 4. The lowest BCUT2D eigenvalue weighted by Crippen LogP contribution is -2.42. The highest BCUT2D eigenvalue weighted by molar-refractivity contribution is 5.36. The van der Waals surface area contributed by atoms with Crippen molar-refractivity contribution >= 4 is 5.82 Å². The van der Waals surface area contributed by atoms with Gasteiger partial charge < -0.3 is 10.2 Å². The van der Waals surface area contributed by atoms with E-state index in [9.17, 15) is 0 Å². The molecule has 0 unspecified atom stereocenters. The van der Waals surface area contributed by atoms with Crippen LogP contribution in [0.4, 0.5) is 5.82 Å². The summed E-state index contributed by atoms with van der Waals surface area (Å²) in [5, 5.41) is 11.8. The molecule has 1 aromatic heterocycles. The van der Waals surface area contributed by atoms with Crippen LogP contribution in [0.15, 0.2) is 12.1 Å². The number of likely N-dealkylation sites (N-methyl/N-ethyl adjacent to an activating group) is 1. The average Bonchev–Trinajstić information content (AvgIpc) is 2.31. The van der Waals surface area contributed by atoms with Crippen LogP contribution in [0, 0.1) is 6.92 Å². The first-order chi connectivity index (χ1) is 7.75. The summed E-state index contributed by atoms with van der Waals surface area (Å²) in [6, 6.07) is 4.64. The average molecular weight is 220 g/mol. The molecule has 1 fully saturated rings. The van der Waals surface area contributed by atoms with Crippen molar-refractivity contribution in [3.05, 3.63) is 17.8 Å². The topological polar surface area (TPSA) is 41.0 Å². The van der Waals surface area contributed by atoms with E-state index in [4.69, 9.17) is 0 Å². The zero-order valence-corrected chi connectivity index (χ0v) is 10.1. The number of rotatable bonds is 3. The molecule has 4 nitrogen and oxygen atoms in total. The first kappa shape index (κ1) is 11.3. The SMILES string of the molecule is Cc1ccc(N(C)C[C@H]2CCCCN2)nn1. The van der Waals surface area contributed by atoms with E-state index in [1.807, 2.05) is 19.1 Å². The van der Waals surface area contributed by atoms with Gasteiger partial charge in [0.2, 0.25) is 0 Å². The minimum Gasteiger partial charge on any atom is -0.357 e. The maximum absolute atomic E-state index is 4.19. The molecule has 0 amide bonds. The molecule has 16 heavy (non-hydrogen) atoms. The minimum absolute atomic E-state index is 0.599. The molecule has 0 aromatic carbocycles. The number of piperidine rings is 1. The van der Waals surface area contributed by atoms with Crippen LogP contribution in [-0.2, 0) is 0 Å². The number of aromatic nitrogens is 2. The van der Waals surface area contributed by atoms with Crippen molar-refractivity contribution in [2.75, 3.05) is 25.0 Å². The molecule has 88 valence electrons. The molecule has 1 N–H and O–H groups in total. The molecule has 1 aliphatic rings. The zero-order chi connectivity index (χ0) is 11.4. The Kier molecular flexibility index (Phi) is 3.72. The number of nitrogens with one attached hydrogen (secondary N) is 1.